The minimum Gasteiger partial charge on any atom is -0.376 e. The fourth-order valence-corrected chi connectivity index (χ4v) is 3.84. The molecule has 2 rings (SSSR count). The average Bonchev–Trinajstić information content (AvgIpc) is 2.77. The van der Waals surface area contributed by atoms with Crippen LogP contribution < -0.4 is 0 Å². The standard InChI is InChI=1S/C12H20ClN3O4S/c1-9(2)20-7-10-6-16(4-5-19-10)21(17,18)12-11(13)15(3)8-14-12/h8-10H,4-7H2,1-3H3. The van der Waals surface area contributed by atoms with Crippen LogP contribution in [-0.2, 0) is 26.5 Å². The number of imidazole rings is 1. The maximum absolute atomic E-state index is 12.6. The Balaban J connectivity index is 2.11. The van der Waals surface area contributed by atoms with Crippen molar-refractivity contribution in [3.05, 3.63) is 11.5 Å². The lowest BCUT2D eigenvalue weighted by molar-refractivity contribution is -0.0637. The number of morpholine rings is 1. The number of halogens is 1. The third kappa shape index (κ3) is 3.75. The van der Waals surface area contributed by atoms with E-state index in [1.165, 1.54) is 15.2 Å². The first-order chi connectivity index (χ1) is 9.82. The smallest absolute Gasteiger partial charge is 0.263 e. The second kappa shape index (κ2) is 6.62. The van der Waals surface area contributed by atoms with Crippen LogP contribution in [0.25, 0.3) is 0 Å². The van der Waals surface area contributed by atoms with Crippen LogP contribution >= 0.6 is 11.6 Å². The summed E-state index contributed by atoms with van der Waals surface area (Å²) in [7, 11) is -2.06. The molecule has 1 saturated heterocycles. The molecule has 1 aliphatic heterocycles. The van der Waals surface area contributed by atoms with Gasteiger partial charge in [0.2, 0.25) is 5.03 Å². The van der Waals surface area contributed by atoms with Gasteiger partial charge in [-0.1, -0.05) is 11.6 Å². The highest BCUT2D eigenvalue weighted by Crippen LogP contribution is 2.24. The summed E-state index contributed by atoms with van der Waals surface area (Å²) in [6.45, 7) is 5.06. The Kier molecular flexibility index (Phi) is 5.26. The molecule has 0 bridgehead atoms. The number of rotatable bonds is 5. The van der Waals surface area contributed by atoms with Crippen molar-refractivity contribution in [2.45, 2.75) is 31.1 Å². The molecule has 0 N–H and O–H groups in total. The van der Waals surface area contributed by atoms with Crippen LogP contribution in [0, 0.1) is 0 Å². The summed E-state index contributed by atoms with van der Waals surface area (Å²) in [5, 5.41) is -0.00596. The van der Waals surface area contributed by atoms with Crippen molar-refractivity contribution < 1.29 is 17.9 Å². The third-order valence-corrected chi connectivity index (χ3v) is 5.49. The van der Waals surface area contributed by atoms with Gasteiger partial charge in [0.15, 0.2) is 0 Å². The van der Waals surface area contributed by atoms with Crippen LogP contribution in [0.4, 0.5) is 0 Å². The van der Waals surface area contributed by atoms with Gasteiger partial charge in [0.1, 0.15) is 5.15 Å². The van der Waals surface area contributed by atoms with Gasteiger partial charge in [-0.2, -0.15) is 4.31 Å². The Labute approximate surface area is 129 Å². The van der Waals surface area contributed by atoms with E-state index in [1.54, 1.807) is 7.05 Å². The van der Waals surface area contributed by atoms with E-state index < -0.39 is 10.0 Å². The van der Waals surface area contributed by atoms with Gasteiger partial charge in [-0.15, -0.1) is 0 Å². The van der Waals surface area contributed by atoms with Crippen molar-refractivity contribution in [3.8, 4) is 0 Å². The van der Waals surface area contributed by atoms with E-state index in [0.717, 1.165) is 0 Å². The summed E-state index contributed by atoms with van der Waals surface area (Å²) >= 11 is 5.99. The molecular formula is C12H20ClN3O4S. The van der Waals surface area contributed by atoms with Crippen molar-refractivity contribution in [2.24, 2.45) is 7.05 Å². The normalized spacial score (nSPS) is 21.1. The largest absolute Gasteiger partial charge is 0.376 e. The molecular weight excluding hydrogens is 318 g/mol. The molecule has 1 aromatic rings. The van der Waals surface area contributed by atoms with E-state index >= 15 is 0 Å². The molecule has 0 aromatic carbocycles. The summed E-state index contributed by atoms with van der Waals surface area (Å²) in [5.74, 6) is 0. The van der Waals surface area contributed by atoms with Crippen molar-refractivity contribution >= 4 is 21.6 Å². The van der Waals surface area contributed by atoms with E-state index in [2.05, 4.69) is 4.98 Å². The second-order valence-electron chi connectivity index (χ2n) is 5.19. The first-order valence-corrected chi connectivity index (χ1v) is 8.54. The van der Waals surface area contributed by atoms with Crippen molar-refractivity contribution in [1.29, 1.82) is 0 Å². The predicted molar refractivity (Wildman–Crippen MR) is 77.8 cm³/mol. The number of ether oxygens (including phenoxy) is 2. The first kappa shape index (κ1) is 16.7. The highest BCUT2D eigenvalue weighted by molar-refractivity contribution is 7.89. The number of sulfonamides is 1. The molecule has 1 fully saturated rings. The molecule has 0 amide bonds. The number of aryl methyl sites for hydroxylation is 1. The molecule has 0 radical (unpaired) electrons. The van der Waals surface area contributed by atoms with Gasteiger partial charge in [0, 0.05) is 20.1 Å². The Morgan fingerprint density at radius 2 is 2.29 bits per heavy atom. The van der Waals surface area contributed by atoms with Gasteiger partial charge < -0.3 is 14.0 Å². The van der Waals surface area contributed by atoms with Gasteiger partial charge in [-0.25, -0.2) is 13.4 Å². The summed E-state index contributed by atoms with van der Waals surface area (Å²) in [6.07, 6.45) is 1.18. The molecule has 120 valence electrons. The van der Waals surface area contributed by atoms with Crippen LogP contribution in [0.5, 0.6) is 0 Å². The molecule has 1 unspecified atom stereocenters. The lowest BCUT2D eigenvalue weighted by Crippen LogP contribution is -2.47. The van der Waals surface area contributed by atoms with E-state index in [-0.39, 0.29) is 35.5 Å². The number of aromatic nitrogens is 2. The summed E-state index contributed by atoms with van der Waals surface area (Å²) in [4.78, 5) is 3.89. The summed E-state index contributed by atoms with van der Waals surface area (Å²) in [6, 6.07) is 0. The van der Waals surface area contributed by atoms with Gasteiger partial charge in [0.05, 0.1) is 31.7 Å². The van der Waals surface area contributed by atoms with E-state index in [0.29, 0.717) is 13.2 Å². The van der Waals surface area contributed by atoms with Gasteiger partial charge in [0.25, 0.3) is 10.0 Å². The van der Waals surface area contributed by atoms with E-state index in [1.807, 2.05) is 13.8 Å². The zero-order chi connectivity index (χ0) is 15.6. The summed E-state index contributed by atoms with van der Waals surface area (Å²) < 4.78 is 39.0. The highest BCUT2D eigenvalue weighted by Gasteiger charge is 2.34. The average molecular weight is 338 g/mol. The predicted octanol–water partition coefficient (Wildman–Crippen LogP) is 0.888. The van der Waals surface area contributed by atoms with Crippen LogP contribution in [0.15, 0.2) is 11.4 Å². The molecule has 2 heterocycles. The lowest BCUT2D eigenvalue weighted by Gasteiger charge is -2.31. The fourth-order valence-electron chi connectivity index (χ4n) is 2.00. The molecule has 21 heavy (non-hydrogen) atoms. The number of nitrogens with zero attached hydrogens (tertiary/aromatic N) is 3. The SMILES string of the molecule is CC(C)OCC1CN(S(=O)(=O)c2ncn(C)c2Cl)CCO1. The van der Waals surface area contributed by atoms with Crippen LogP contribution in [-0.4, -0.2) is 60.8 Å². The third-order valence-electron chi connectivity index (χ3n) is 3.14. The van der Waals surface area contributed by atoms with Crippen molar-refractivity contribution in [1.82, 2.24) is 13.9 Å². The van der Waals surface area contributed by atoms with E-state index in [9.17, 15) is 8.42 Å². The zero-order valence-corrected chi connectivity index (χ0v) is 13.9. The van der Waals surface area contributed by atoms with Crippen molar-refractivity contribution in [2.75, 3.05) is 26.3 Å². The lowest BCUT2D eigenvalue weighted by atomic mass is 10.3. The second-order valence-corrected chi connectivity index (χ2v) is 7.40. The maximum Gasteiger partial charge on any atom is 0.263 e. The Hall–Kier alpha value is -0.670. The van der Waals surface area contributed by atoms with Gasteiger partial charge in [-0.05, 0) is 13.8 Å². The minimum absolute atomic E-state index is 0.0748. The minimum atomic E-state index is -3.71. The Bertz CT molecular complexity index is 587. The molecule has 0 aliphatic carbocycles. The van der Waals surface area contributed by atoms with E-state index in [4.69, 9.17) is 21.1 Å². The Morgan fingerprint density at radius 1 is 1.57 bits per heavy atom. The molecule has 1 aliphatic rings. The molecule has 7 nitrogen and oxygen atoms in total. The quantitative estimate of drug-likeness (QED) is 0.797. The highest BCUT2D eigenvalue weighted by atomic mass is 35.5. The van der Waals surface area contributed by atoms with Gasteiger partial charge >= 0.3 is 0 Å². The molecule has 0 spiro atoms. The summed E-state index contributed by atoms with van der Waals surface area (Å²) in [5.41, 5.74) is 0. The van der Waals surface area contributed by atoms with Crippen molar-refractivity contribution in [3.63, 3.8) is 0 Å². The number of hydrogen-bond donors (Lipinski definition) is 0. The van der Waals surface area contributed by atoms with Gasteiger partial charge in [-0.3, -0.25) is 0 Å². The maximum atomic E-state index is 12.6. The monoisotopic (exact) mass is 337 g/mol. The molecule has 1 aromatic heterocycles. The van der Waals surface area contributed by atoms with Crippen LogP contribution in [0.1, 0.15) is 13.8 Å². The Morgan fingerprint density at radius 3 is 2.86 bits per heavy atom. The molecule has 9 heteroatoms. The molecule has 1 atom stereocenters. The van der Waals surface area contributed by atoms with Crippen LogP contribution in [0.2, 0.25) is 5.15 Å². The fraction of sp³-hybridized carbons (Fsp3) is 0.750. The molecule has 0 saturated carbocycles. The van der Waals surface area contributed by atoms with Crippen LogP contribution in [0.3, 0.4) is 0 Å². The zero-order valence-electron chi connectivity index (χ0n) is 12.3. The number of hydrogen-bond acceptors (Lipinski definition) is 5. The topological polar surface area (TPSA) is 73.7 Å². The first-order valence-electron chi connectivity index (χ1n) is 6.72.